The summed E-state index contributed by atoms with van der Waals surface area (Å²) in [6.07, 6.45) is 43.6. The Morgan fingerprint density at radius 3 is 1.09 bits per heavy atom. The van der Waals surface area contributed by atoms with Gasteiger partial charge in [0.1, 0.15) is 18.4 Å². The fourth-order valence-corrected chi connectivity index (χ4v) is 9.85. The van der Waals surface area contributed by atoms with Gasteiger partial charge in [-0.25, -0.2) is 0 Å². The number of carbonyl (C=O) groups excluding carboxylic acids is 2. The Hall–Kier alpha value is -1.26. The monoisotopic (exact) mass is 981 g/mol. The molecule has 0 bridgehead atoms. The first-order valence-electron chi connectivity index (χ1n) is 30.4. The first-order chi connectivity index (χ1) is 33.5. The molecule has 0 heterocycles. The van der Waals surface area contributed by atoms with Gasteiger partial charge in [0.15, 0.2) is 6.29 Å². The van der Waals surface area contributed by atoms with Crippen molar-refractivity contribution < 1.29 is 34.0 Å². The van der Waals surface area contributed by atoms with Crippen molar-refractivity contribution in [1.29, 1.82) is 0 Å². The summed E-state index contributed by atoms with van der Waals surface area (Å²) in [5.74, 6) is -0.0168. The van der Waals surface area contributed by atoms with Crippen LogP contribution in [0.5, 0.6) is 0 Å². The second-order valence-corrected chi connectivity index (χ2v) is 21.5. The zero-order valence-electron chi connectivity index (χ0n) is 47.4. The summed E-state index contributed by atoms with van der Waals surface area (Å²) >= 11 is 0. The largest absolute Gasteiger partial charge is 0.462 e. The molecule has 0 aliphatic rings. The van der Waals surface area contributed by atoms with Gasteiger partial charge >= 0.3 is 11.9 Å². The minimum absolute atomic E-state index is 0.00842. The first-order valence-corrected chi connectivity index (χ1v) is 30.4. The Balaban J connectivity index is 5.24. The van der Waals surface area contributed by atoms with E-state index < -0.39 is 12.5 Å². The highest BCUT2D eigenvalue weighted by Crippen LogP contribution is 2.25. The maximum absolute atomic E-state index is 12.7. The number of rotatable bonds is 54. The number of esters is 2. The fraction of sp³-hybridized carbons (Fsp3) is 0.967. The summed E-state index contributed by atoms with van der Waals surface area (Å²) in [5.41, 5.74) is 0. The maximum Gasteiger partial charge on any atom is 0.306 e. The highest BCUT2D eigenvalue weighted by Gasteiger charge is 2.25. The Bertz CT molecular complexity index is 1020. The zero-order valence-corrected chi connectivity index (χ0v) is 47.4. The van der Waals surface area contributed by atoms with Crippen molar-refractivity contribution in [3.8, 4) is 0 Å². The second kappa shape index (κ2) is 50.3. The molecular weight excluding hydrogens is 861 g/mol. The fourth-order valence-electron chi connectivity index (χ4n) is 9.85. The van der Waals surface area contributed by atoms with Crippen LogP contribution in [0.4, 0.5) is 0 Å². The SMILES string of the molecule is CCCCC(CCCC)OC(=O)CCCCCCCCC(CCCCCCCCC(=O)OC(CCCC)CCCC)N(CCCN(C)C)C(O)CCCCCCCC(O)OC(CCCC)CCCC. The van der Waals surface area contributed by atoms with E-state index in [1.54, 1.807) is 0 Å². The van der Waals surface area contributed by atoms with Gasteiger partial charge in [0.25, 0.3) is 0 Å². The Morgan fingerprint density at radius 1 is 0.377 bits per heavy atom. The van der Waals surface area contributed by atoms with Gasteiger partial charge in [-0.1, -0.05) is 202 Å². The maximum atomic E-state index is 12.7. The summed E-state index contributed by atoms with van der Waals surface area (Å²) < 4.78 is 17.9. The van der Waals surface area contributed by atoms with Crippen molar-refractivity contribution in [2.45, 2.75) is 348 Å². The molecule has 0 radical (unpaired) electrons. The summed E-state index contributed by atoms with van der Waals surface area (Å²) in [6, 6.07) is 0.369. The molecule has 0 rings (SSSR count). The predicted octanol–water partition coefficient (Wildman–Crippen LogP) is 16.6. The second-order valence-electron chi connectivity index (χ2n) is 21.5. The average molecular weight is 982 g/mol. The summed E-state index contributed by atoms with van der Waals surface area (Å²) in [5, 5.41) is 22.5. The average Bonchev–Trinajstić information content (AvgIpc) is 3.33. The van der Waals surface area contributed by atoms with E-state index in [0.29, 0.717) is 25.3 Å². The summed E-state index contributed by atoms with van der Waals surface area (Å²) in [6.45, 7) is 15.2. The van der Waals surface area contributed by atoms with Crippen molar-refractivity contribution >= 4 is 11.9 Å². The standard InChI is InChI=1S/C60H120N2O7/c1-9-15-41-54(42-16-10-2)67-58(64)48-35-29-23-21-26-32-39-53(40-33-27-22-24-30-36-49-59(65)68-55(43-17-11-3)44-18-12-4)62(52-38-51-61(7)8)57(63)47-34-28-25-31-37-50-60(66)69-56(45-19-13-5)46-20-14-6/h53-57,60,63,66H,9-52H2,1-8H3. The first kappa shape index (κ1) is 67.7. The van der Waals surface area contributed by atoms with Crippen molar-refractivity contribution in [2.75, 3.05) is 27.2 Å². The van der Waals surface area contributed by atoms with Gasteiger partial charge in [-0.15, -0.1) is 0 Å². The highest BCUT2D eigenvalue weighted by atomic mass is 16.6. The van der Waals surface area contributed by atoms with Crippen LogP contribution in [0, 0.1) is 0 Å². The molecule has 0 aromatic carbocycles. The molecule has 69 heavy (non-hydrogen) atoms. The molecule has 412 valence electrons. The third kappa shape index (κ3) is 42.9. The number of carbonyl (C=O) groups is 2. The van der Waals surface area contributed by atoms with Crippen LogP contribution in [0.3, 0.4) is 0 Å². The van der Waals surface area contributed by atoms with E-state index in [9.17, 15) is 19.8 Å². The minimum Gasteiger partial charge on any atom is -0.462 e. The third-order valence-electron chi connectivity index (χ3n) is 14.3. The molecule has 0 saturated carbocycles. The predicted molar refractivity (Wildman–Crippen MR) is 294 cm³/mol. The number of hydrogen-bond donors (Lipinski definition) is 2. The molecule has 2 atom stereocenters. The van der Waals surface area contributed by atoms with Gasteiger partial charge < -0.3 is 29.3 Å². The molecular formula is C60H120N2O7. The van der Waals surface area contributed by atoms with Crippen molar-refractivity contribution in [3.63, 3.8) is 0 Å². The topological polar surface area (TPSA) is 109 Å². The molecule has 9 heteroatoms. The molecule has 9 nitrogen and oxygen atoms in total. The van der Waals surface area contributed by atoms with Crippen LogP contribution in [0.25, 0.3) is 0 Å². The molecule has 2 unspecified atom stereocenters. The molecule has 0 spiro atoms. The summed E-state index contributed by atoms with van der Waals surface area (Å²) in [7, 11) is 4.28. The van der Waals surface area contributed by atoms with E-state index in [1.165, 1.54) is 38.5 Å². The van der Waals surface area contributed by atoms with Gasteiger partial charge in [-0.2, -0.15) is 0 Å². The van der Waals surface area contributed by atoms with E-state index in [2.05, 4.69) is 65.4 Å². The van der Waals surface area contributed by atoms with Gasteiger partial charge in [0.05, 0.1) is 6.10 Å². The van der Waals surface area contributed by atoms with E-state index in [1.807, 2.05) is 0 Å². The Morgan fingerprint density at radius 2 is 0.710 bits per heavy atom. The molecule has 0 aliphatic carbocycles. The van der Waals surface area contributed by atoms with Crippen LogP contribution in [-0.2, 0) is 23.8 Å². The van der Waals surface area contributed by atoms with Crippen LogP contribution >= 0.6 is 0 Å². The van der Waals surface area contributed by atoms with E-state index in [-0.39, 0.29) is 30.3 Å². The van der Waals surface area contributed by atoms with E-state index >= 15 is 0 Å². The lowest BCUT2D eigenvalue weighted by Gasteiger charge is -2.36. The molecule has 0 saturated heterocycles. The minimum atomic E-state index is -0.656. The van der Waals surface area contributed by atoms with Crippen molar-refractivity contribution in [1.82, 2.24) is 9.80 Å². The Labute approximate surface area is 429 Å². The van der Waals surface area contributed by atoms with Crippen molar-refractivity contribution in [2.24, 2.45) is 0 Å². The number of nitrogens with zero attached hydrogens (tertiary/aromatic N) is 2. The molecule has 0 aliphatic heterocycles. The lowest BCUT2D eigenvalue weighted by atomic mass is 9.97. The zero-order chi connectivity index (χ0) is 51.0. The van der Waals surface area contributed by atoms with E-state index in [4.69, 9.17) is 14.2 Å². The summed E-state index contributed by atoms with van der Waals surface area (Å²) in [4.78, 5) is 30.0. The highest BCUT2D eigenvalue weighted by molar-refractivity contribution is 5.69. The molecule has 0 aromatic rings. The normalized spacial score (nSPS) is 13.0. The molecule has 2 N–H and O–H groups in total. The van der Waals surface area contributed by atoms with Crippen molar-refractivity contribution in [3.05, 3.63) is 0 Å². The van der Waals surface area contributed by atoms with Gasteiger partial charge in [-0.3, -0.25) is 14.5 Å². The van der Waals surface area contributed by atoms with Gasteiger partial charge in [0.2, 0.25) is 0 Å². The smallest absolute Gasteiger partial charge is 0.306 e. The van der Waals surface area contributed by atoms with Crippen LogP contribution < -0.4 is 0 Å². The van der Waals surface area contributed by atoms with Crippen LogP contribution in [0.2, 0.25) is 0 Å². The van der Waals surface area contributed by atoms with Crippen LogP contribution in [0.1, 0.15) is 311 Å². The van der Waals surface area contributed by atoms with Gasteiger partial charge in [-0.05, 0) is 117 Å². The number of hydrogen-bond acceptors (Lipinski definition) is 9. The quantitative estimate of drug-likeness (QED) is 0.0350. The molecule has 0 fully saturated rings. The lowest BCUT2D eigenvalue weighted by Crippen LogP contribution is -2.44. The number of aliphatic hydroxyl groups excluding tert-OH is 2. The van der Waals surface area contributed by atoms with Crippen LogP contribution in [-0.4, -0.2) is 96.0 Å². The van der Waals surface area contributed by atoms with Crippen LogP contribution in [0.15, 0.2) is 0 Å². The van der Waals surface area contributed by atoms with Gasteiger partial charge in [0, 0.05) is 25.4 Å². The number of unbranched alkanes of at least 4 members (excludes halogenated alkanes) is 20. The molecule has 0 aromatic heterocycles. The lowest BCUT2D eigenvalue weighted by molar-refractivity contribution is -0.151. The number of aliphatic hydroxyl groups is 2. The third-order valence-corrected chi connectivity index (χ3v) is 14.3. The molecule has 0 amide bonds. The Kier molecular flexibility index (Phi) is 49.4. The number of ether oxygens (including phenoxy) is 3. The van der Waals surface area contributed by atoms with E-state index in [0.717, 1.165) is 225 Å².